The second kappa shape index (κ2) is 15.1. The first-order chi connectivity index (χ1) is 31.2. The van der Waals surface area contributed by atoms with Crippen LogP contribution in [0.5, 0.6) is 0 Å². The number of fused-ring (bicyclic) bond motifs is 9. The highest BCUT2D eigenvalue weighted by molar-refractivity contribution is 6.14. The lowest BCUT2D eigenvalue weighted by Gasteiger charge is -2.13. The summed E-state index contributed by atoms with van der Waals surface area (Å²) in [6.45, 7) is 2.05. The van der Waals surface area contributed by atoms with Crippen LogP contribution in [0.15, 0.2) is 231 Å². The number of aromatic nitrogens is 2. The smallest absolute Gasteiger partial charge is 0.0541 e. The lowest BCUT2D eigenvalue weighted by Crippen LogP contribution is -1.94. The predicted octanol–water partition coefficient (Wildman–Crippen LogP) is 16.8. The number of allylic oxidation sites excluding steroid dienone is 3. The Morgan fingerprint density at radius 1 is 0.302 bits per heavy atom. The number of hydrogen-bond donors (Lipinski definition) is 0. The van der Waals surface area contributed by atoms with Crippen molar-refractivity contribution in [1.29, 1.82) is 0 Å². The summed E-state index contributed by atoms with van der Waals surface area (Å²) in [6.07, 6.45) is 8.48. The Hall–Kier alpha value is -8.20. The van der Waals surface area contributed by atoms with Gasteiger partial charge in [0.05, 0.1) is 22.1 Å². The third-order valence-corrected chi connectivity index (χ3v) is 12.8. The first-order valence-corrected chi connectivity index (χ1v) is 21.8. The molecule has 0 aliphatic carbocycles. The predicted molar refractivity (Wildman–Crippen MR) is 270 cm³/mol. The van der Waals surface area contributed by atoms with E-state index in [0.717, 1.165) is 11.4 Å². The fourth-order valence-electron chi connectivity index (χ4n) is 9.84. The zero-order chi connectivity index (χ0) is 41.9. The minimum Gasteiger partial charge on any atom is -0.309 e. The largest absolute Gasteiger partial charge is 0.309 e. The van der Waals surface area contributed by atoms with Crippen molar-refractivity contribution in [3.05, 3.63) is 236 Å². The Bertz CT molecular complexity index is 3780. The molecule has 0 radical (unpaired) electrons. The van der Waals surface area contributed by atoms with E-state index in [0.29, 0.717) is 0 Å². The molecule has 0 N–H and O–H groups in total. The second-order valence-electron chi connectivity index (χ2n) is 16.5. The Morgan fingerprint density at radius 3 is 1.44 bits per heavy atom. The molecule has 0 fully saturated rings. The van der Waals surface area contributed by atoms with Gasteiger partial charge in [-0.05, 0) is 134 Å². The molecule has 2 heteroatoms. The van der Waals surface area contributed by atoms with Gasteiger partial charge in [0.2, 0.25) is 0 Å². The van der Waals surface area contributed by atoms with Crippen LogP contribution < -0.4 is 0 Å². The van der Waals surface area contributed by atoms with E-state index in [1.54, 1.807) is 0 Å². The van der Waals surface area contributed by atoms with Gasteiger partial charge in [-0.1, -0.05) is 170 Å². The van der Waals surface area contributed by atoms with Gasteiger partial charge in [0.25, 0.3) is 0 Å². The molecule has 12 rings (SSSR count). The van der Waals surface area contributed by atoms with E-state index in [4.69, 9.17) is 0 Å². The Labute approximate surface area is 366 Å². The molecule has 0 bridgehead atoms. The van der Waals surface area contributed by atoms with Crippen LogP contribution in [0, 0.1) is 0 Å². The highest BCUT2D eigenvalue weighted by Gasteiger charge is 2.17. The maximum absolute atomic E-state index is 2.44. The average molecular weight is 803 g/mol. The van der Waals surface area contributed by atoms with Crippen molar-refractivity contribution in [2.45, 2.75) is 6.92 Å². The summed E-state index contributed by atoms with van der Waals surface area (Å²) in [4.78, 5) is 0. The summed E-state index contributed by atoms with van der Waals surface area (Å²) in [6, 6.07) is 78.1. The van der Waals surface area contributed by atoms with Crippen LogP contribution in [0.2, 0.25) is 0 Å². The molecule has 2 heterocycles. The SMILES string of the molecule is C/C=C\C=C/c1cc2ccc(-n3c4ccccc4c4cc(-c5ccc6c(c5)c5ccccc5n6-c5cccc(-c6ccc(-c7ccccc7)cc6)c5)ccc43)cc2c2ccccc12. The number of nitrogens with zero attached hydrogens (tertiary/aromatic N) is 2. The van der Waals surface area contributed by atoms with E-state index in [9.17, 15) is 0 Å². The van der Waals surface area contributed by atoms with Crippen molar-refractivity contribution in [3.63, 3.8) is 0 Å². The van der Waals surface area contributed by atoms with E-state index in [-0.39, 0.29) is 0 Å². The van der Waals surface area contributed by atoms with Crippen molar-refractivity contribution in [2.24, 2.45) is 0 Å². The maximum atomic E-state index is 2.44. The molecule has 0 saturated carbocycles. The first-order valence-electron chi connectivity index (χ1n) is 21.8. The van der Waals surface area contributed by atoms with Crippen molar-refractivity contribution >= 4 is 71.2 Å². The van der Waals surface area contributed by atoms with Crippen LogP contribution >= 0.6 is 0 Å². The molecule has 0 amide bonds. The van der Waals surface area contributed by atoms with Crippen LogP contribution in [0.4, 0.5) is 0 Å². The Morgan fingerprint density at radius 2 is 0.794 bits per heavy atom. The molecule has 0 spiro atoms. The van der Waals surface area contributed by atoms with Gasteiger partial charge in [-0.3, -0.25) is 0 Å². The summed E-state index contributed by atoms with van der Waals surface area (Å²) in [5.74, 6) is 0. The summed E-state index contributed by atoms with van der Waals surface area (Å²) in [5, 5.41) is 9.99. The van der Waals surface area contributed by atoms with E-state index in [2.05, 4.69) is 246 Å². The highest BCUT2D eigenvalue weighted by Crippen LogP contribution is 2.40. The normalized spacial score (nSPS) is 12.1. The molecule has 0 unspecified atom stereocenters. The quantitative estimate of drug-likeness (QED) is 0.112. The summed E-state index contributed by atoms with van der Waals surface area (Å²) in [5.41, 5.74) is 15.6. The molecule has 2 nitrogen and oxygen atoms in total. The van der Waals surface area contributed by atoms with Gasteiger partial charge in [0.1, 0.15) is 0 Å². The van der Waals surface area contributed by atoms with Crippen molar-refractivity contribution in [3.8, 4) is 44.8 Å². The molecule has 0 aliphatic heterocycles. The summed E-state index contributed by atoms with van der Waals surface area (Å²) < 4.78 is 4.85. The summed E-state index contributed by atoms with van der Waals surface area (Å²) >= 11 is 0. The minimum absolute atomic E-state index is 1.15. The summed E-state index contributed by atoms with van der Waals surface area (Å²) in [7, 11) is 0. The number of para-hydroxylation sites is 2. The van der Waals surface area contributed by atoms with E-state index in [1.807, 2.05) is 6.92 Å². The zero-order valence-electron chi connectivity index (χ0n) is 34.9. The van der Waals surface area contributed by atoms with Crippen LogP contribution in [0.1, 0.15) is 12.5 Å². The third-order valence-electron chi connectivity index (χ3n) is 12.8. The molecule has 10 aromatic carbocycles. The standard InChI is InChI=1S/C61H42N2/c1-2-3-5-17-47-36-48-30-33-50(40-55(48)52-21-9-8-20-51(47)52)63-59-25-13-11-23-54(59)57-39-46(32-35-61(57)63)45-31-34-60-56(38-45)53-22-10-12-24-58(53)62(60)49-19-14-18-44(37-49)43-28-26-42(27-29-43)41-15-6-4-7-16-41/h2-40H,1H3/b3-2-,17-5-. The lowest BCUT2D eigenvalue weighted by atomic mass is 9.96. The van der Waals surface area contributed by atoms with Gasteiger partial charge in [-0.25, -0.2) is 0 Å². The van der Waals surface area contributed by atoms with Crippen LogP contribution in [-0.4, -0.2) is 9.13 Å². The van der Waals surface area contributed by atoms with Crippen molar-refractivity contribution < 1.29 is 0 Å². The highest BCUT2D eigenvalue weighted by atomic mass is 15.0. The monoisotopic (exact) mass is 802 g/mol. The Balaban J connectivity index is 0.952. The van der Waals surface area contributed by atoms with Gasteiger partial charge in [0.15, 0.2) is 0 Å². The van der Waals surface area contributed by atoms with Crippen LogP contribution in [-0.2, 0) is 0 Å². The van der Waals surface area contributed by atoms with Gasteiger partial charge in [-0.15, -0.1) is 0 Å². The maximum Gasteiger partial charge on any atom is 0.0541 e. The lowest BCUT2D eigenvalue weighted by molar-refractivity contribution is 1.18. The fourth-order valence-corrected chi connectivity index (χ4v) is 9.84. The zero-order valence-corrected chi connectivity index (χ0v) is 34.9. The van der Waals surface area contributed by atoms with Crippen molar-refractivity contribution in [2.75, 3.05) is 0 Å². The molecular weight excluding hydrogens is 761 g/mol. The van der Waals surface area contributed by atoms with Crippen LogP contribution in [0.3, 0.4) is 0 Å². The van der Waals surface area contributed by atoms with Crippen molar-refractivity contribution in [1.82, 2.24) is 9.13 Å². The molecular formula is C61H42N2. The molecule has 12 aromatic rings. The van der Waals surface area contributed by atoms with Gasteiger partial charge in [0, 0.05) is 32.9 Å². The second-order valence-corrected chi connectivity index (χ2v) is 16.5. The molecule has 296 valence electrons. The van der Waals surface area contributed by atoms with E-state index in [1.165, 1.54) is 104 Å². The minimum atomic E-state index is 1.15. The van der Waals surface area contributed by atoms with Gasteiger partial charge < -0.3 is 9.13 Å². The molecule has 0 atom stereocenters. The first kappa shape index (κ1) is 36.6. The molecule has 63 heavy (non-hydrogen) atoms. The average Bonchev–Trinajstić information content (AvgIpc) is 3.86. The Kier molecular flexibility index (Phi) is 8.76. The van der Waals surface area contributed by atoms with E-state index < -0.39 is 0 Å². The van der Waals surface area contributed by atoms with Crippen LogP contribution in [0.25, 0.3) is 116 Å². The number of benzene rings is 10. The number of hydrogen-bond acceptors (Lipinski definition) is 0. The van der Waals surface area contributed by atoms with Gasteiger partial charge in [-0.2, -0.15) is 0 Å². The number of rotatable bonds is 7. The molecule has 0 saturated heterocycles. The van der Waals surface area contributed by atoms with E-state index >= 15 is 0 Å². The topological polar surface area (TPSA) is 9.86 Å². The molecule has 2 aromatic heterocycles. The third kappa shape index (κ3) is 6.18. The fraction of sp³-hybridized carbons (Fsp3) is 0.0164. The van der Waals surface area contributed by atoms with Gasteiger partial charge >= 0.3 is 0 Å². The molecule has 0 aliphatic rings.